The van der Waals surface area contributed by atoms with Crippen molar-refractivity contribution in [2.24, 2.45) is 16.9 Å². The number of H-pyrrole nitrogens is 7. The van der Waals surface area contributed by atoms with Crippen molar-refractivity contribution in [2.45, 2.75) is 215 Å². The fourth-order valence-corrected chi connectivity index (χ4v) is 19.2. The lowest BCUT2D eigenvalue weighted by molar-refractivity contribution is -0.117. The number of likely N-dealkylation sites (N-methyl/N-ethyl adjacent to an activating group) is 1. The van der Waals surface area contributed by atoms with Crippen molar-refractivity contribution in [2.75, 3.05) is 83.9 Å². The zero-order valence-electron chi connectivity index (χ0n) is 74.1. The Labute approximate surface area is 719 Å². The second-order valence-electron chi connectivity index (χ2n) is 35.5. The number of dihydropyridines is 1. The van der Waals surface area contributed by atoms with Crippen LogP contribution in [0.4, 0.5) is 11.5 Å². The number of hydrogen-bond donors (Lipinski definition) is 12. The van der Waals surface area contributed by atoms with E-state index in [2.05, 4.69) is 209 Å². The second kappa shape index (κ2) is 37.4. The molecule has 0 radical (unpaired) electrons. The molecule has 9 aromatic heterocycles. The predicted octanol–water partition coefficient (Wildman–Crippen LogP) is 18.1. The molecule has 1 amide bonds. The van der Waals surface area contributed by atoms with Crippen molar-refractivity contribution < 1.29 is 24.1 Å². The molecule has 8 aliphatic rings. The molecule has 648 valence electrons. The Bertz CT molecular complexity index is 5950. The molecule has 1 saturated heterocycles. The van der Waals surface area contributed by atoms with Gasteiger partial charge >= 0.3 is 0 Å². The summed E-state index contributed by atoms with van der Waals surface area (Å²) in [5.41, 5.74) is 33.8. The Balaban J connectivity index is 0.000000118. The number of nitrogens with one attached hydrogen (secondary N) is 11. The van der Waals surface area contributed by atoms with Crippen molar-refractivity contribution in [3.63, 3.8) is 0 Å². The molecule has 0 bridgehead atoms. The molecule has 12 N–H and O–H groups in total. The van der Waals surface area contributed by atoms with Crippen molar-refractivity contribution in [3.05, 3.63) is 169 Å². The highest BCUT2D eigenvalue weighted by Gasteiger charge is 2.43. The van der Waals surface area contributed by atoms with Crippen LogP contribution in [0.2, 0.25) is 0 Å². The summed E-state index contributed by atoms with van der Waals surface area (Å²) in [4.78, 5) is 27.3. The summed E-state index contributed by atoms with van der Waals surface area (Å²) < 4.78 is 16.7. The van der Waals surface area contributed by atoms with E-state index in [1.54, 1.807) is 7.11 Å². The predicted molar refractivity (Wildman–Crippen MR) is 489 cm³/mol. The van der Waals surface area contributed by atoms with Gasteiger partial charge in [0.2, 0.25) is 5.91 Å². The molecule has 4 aliphatic heterocycles. The van der Waals surface area contributed by atoms with E-state index in [9.17, 15) is 9.90 Å². The van der Waals surface area contributed by atoms with E-state index in [1.165, 1.54) is 135 Å². The van der Waals surface area contributed by atoms with Crippen molar-refractivity contribution >= 4 is 83.7 Å². The van der Waals surface area contributed by atoms with E-state index in [4.69, 9.17) is 24.2 Å². The number of hydrazone groups is 1. The SMILES string of the molecule is CCCC1=C(C)c2c(c(OCCN(C)CCOC)cc3[nH]ncc23)NC1c1cn[nH]c1C.CCCN1CCOCC1.CCCc1c(-c2cn[nH]c2C)nc2ccc3[nH]nc(NC(=O)C4CC4)c3c2c1C.Cc1[nH]ncc1-c1cc(C(C)(C)C)c2c(n1)c(C1CCCCC1)cc1[nH]ncc12.Cc1[nH]ncc1C1NC2=C(C3=C1CCCC3)C1C=NNC1C=C2O. The largest absolute Gasteiger partial charge is 0.506 e. The Morgan fingerprint density at radius 2 is 1.35 bits per heavy atom. The number of fused-ring (bicyclic) bond motifs is 12. The van der Waals surface area contributed by atoms with Crippen LogP contribution in [0.15, 0.2) is 112 Å². The van der Waals surface area contributed by atoms with Crippen molar-refractivity contribution in [1.29, 1.82) is 0 Å². The minimum absolute atomic E-state index is 0.0109. The molecule has 0 spiro atoms. The van der Waals surface area contributed by atoms with E-state index < -0.39 is 0 Å². The molecule has 4 atom stereocenters. The highest BCUT2D eigenvalue weighted by atomic mass is 16.5. The first-order valence-electron chi connectivity index (χ1n) is 44.7. The van der Waals surface area contributed by atoms with E-state index in [0.717, 1.165) is 197 Å². The summed E-state index contributed by atoms with van der Waals surface area (Å²) >= 11 is 0. The summed E-state index contributed by atoms with van der Waals surface area (Å²) in [5, 5.41) is 82.5. The number of hydrogen-bond acceptors (Lipinski definition) is 20. The lowest BCUT2D eigenvalue weighted by Crippen LogP contribution is -2.40. The van der Waals surface area contributed by atoms with Crippen LogP contribution < -0.4 is 26.1 Å². The number of aryl methyl sites for hydroxylation is 5. The van der Waals surface area contributed by atoms with E-state index >= 15 is 0 Å². The first kappa shape index (κ1) is 85.2. The average molecular weight is 1670 g/mol. The van der Waals surface area contributed by atoms with Crippen LogP contribution >= 0.6 is 0 Å². The standard InChI is InChI=1S/C24H34N6O2.C24H29N5.C22H24N6O.C18H21N5O.C7H15NO/c1-6-7-17-15(2)22-19-14-26-29-20(19)12-21(32-11-9-30(4)8-10-31-5)24(22)27-23(17)18-13-25-28-16(18)3;1-14-17(12-25-28-14)20-11-19(24(2,3)4)22-18-13-26-29-21(18)10-16(23(22)27-20)15-8-6-5-7-9-15;1-4-5-14-11(2)18-16(24-20(14)15-10-23-26-12(15)3)8-9-17-19(18)21(28-27-17)25-22(29)13-6-7-13;1-9-12(7-19-22-9)17-11-5-3-2-4-10(11)16-13-8-20-23-14(13)6-15(24)18(16)21-17;1-2-3-8-4-6-9-7-5-8/h12-14,23,27H,6-11H2,1-5H3,(H,25,28)(H,26,29);10-13,15H,5-9H2,1-4H3,(H,25,28)(H,26,29);8-10,13H,4-7H2,1-3H3,(H,23,26)(H2,25,27,28,29);6-8,13-14,17,21,23-24H,2-5H2,1H3,(H,19,22);2-7H2,1H3. The minimum atomic E-state index is -0.0109. The number of carbonyl (C=O) groups excluding carboxylic acids is 1. The quantitative estimate of drug-likeness (QED) is 0.0337. The molecule has 12 aromatic rings. The third-order valence-corrected chi connectivity index (χ3v) is 26.0. The average Bonchev–Trinajstić information content (AvgIpc) is 1.74. The monoisotopic (exact) mass is 1670 g/mol. The van der Waals surface area contributed by atoms with Gasteiger partial charge in [0.05, 0.1) is 131 Å². The Morgan fingerprint density at radius 1 is 0.675 bits per heavy atom. The summed E-state index contributed by atoms with van der Waals surface area (Å²) in [5.74, 6) is 2.73. The lowest BCUT2D eigenvalue weighted by atomic mass is 9.72. The van der Waals surface area contributed by atoms with E-state index in [-0.39, 0.29) is 41.3 Å². The number of benzene rings is 3. The smallest absolute Gasteiger partial charge is 0.228 e. The molecule has 4 aliphatic carbocycles. The van der Waals surface area contributed by atoms with Gasteiger partial charge in [-0.15, -0.1) is 0 Å². The maximum Gasteiger partial charge on any atom is 0.228 e. The normalized spacial score (nSPS) is 19.0. The van der Waals surface area contributed by atoms with Gasteiger partial charge in [0.25, 0.3) is 0 Å². The number of carbonyl (C=O) groups is 1. The Kier molecular flexibility index (Phi) is 25.9. The number of allylic oxidation sites excluding steroid dienone is 2. The van der Waals surface area contributed by atoms with Gasteiger partial charge in [0, 0.05) is 130 Å². The van der Waals surface area contributed by atoms with Crippen LogP contribution in [0.25, 0.3) is 82.6 Å². The van der Waals surface area contributed by atoms with Crippen molar-refractivity contribution in [3.8, 4) is 28.3 Å². The number of amides is 1. The molecule has 3 aromatic carbocycles. The fraction of sp³-hybridized carbons (Fsp3) is 0.484. The van der Waals surface area contributed by atoms with Crippen LogP contribution in [-0.4, -0.2) is 188 Å². The number of nitrogens with zero attached hydrogens (tertiary/aromatic N) is 12. The third kappa shape index (κ3) is 17.7. The summed E-state index contributed by atoms with van der Waals surface area (Å²) in [7, 11) is 3.80. The number of aromatic amines is 7. The molecule has 20 rings (SSSR count). The lowest BCUT2D eigenvalue weighted by Gasteiger charge is -2.40. The fourth-order valence-electron chi connectivity index (χ4n) is 19.2. The molecule has 28 heteroatoms. The molecule has 28 nitrogen and oxygen atoms in total. The van der Waals surface area contributed by atoms with E-state index in [1.807, 2.05) is 68.5 Å². The number of ether oxygens (including phenoxy) is 3. The van der Waals surface area contributed by atoms with Gasteiger partial charge in [-0.1, -0.05) is 73.6 Å². The van der Waals surface area contributed by atoms with Gasteiger partial charge in [0.15, 0.2) is 5.82 Å². The second-order valence-corrected chi connectivity index (χ2v) is 35.5. The highest BCUT2D eigenvalue weighted by molar-refractivity contribution is 6.15. The van der Waals surface area contributed by atoms with Crippen LogP contribution in [0.3, 0.4) is 0 Å². The molecular weight excluding hydrogens is 1540 g/mol. The molecule has 13 heterocycles. The number of rotatable bonds is 20. The van der Waals surface area contributed by atoms with Crippen LogP contribution in [0, 0.1) is 46.5 Å². The zero-order valence-corrected chi connectivity index (χ0v) is 74.1. The molecular formula is C95H123N23O5. The molecule has 4 unspecified atom stereocenters. The third-order valence-electron chi connectivity index (χ3n) is 26.0. The topological polar surface area (TPSA) is 358 Å². The van der Waals surface area contributed by atoms with E-state index in [0.29, 0.717) is 30.7 Å². The zero-order chi connectivity index (χ0) is 85.7. The van der Waals surface area contributed by atoms with Gasteiger partial charge in [-0.2, -0.15) is 40.8 Å². The maximum atomic E-state index is 12.4. The molecule has 123 heavy (non-hydrogen) atoms. The number of aliphatic hydroxyl groups excluding tert-OH is 1. The van der Waals surface area contributed by atoms with Crippen LogP contribution in [0.1, 0.15) is 224 Å². The number of pyridine rings is 2. The molecule has 3 fully saturated rings. The Hall–Kier alpha value is -11.3. The number of aliphatic hydroxyl groups is 1. The summed E-state index contributed by atoms with van der Waals surface area (Å²) in [6.07, 6.45) is 33.6. The molecule has 2 saturated carbocycles. The highest BCUT2D eigenvalue weighted by Crippen LogP contribution is 2.52. The Morgan fingerprint density at radius 3 is 2.02 bits per heavy atom. The number of aromatic nitrogens is 16. The number of anilines is 2. The van der Waals surface area contributed by atoms with Gasteiger partial charge in [-0.25, -0.2) is 9.97 Å². The van der Waals surface area contributed by atoms with Crippen LogP contribution in [-0.2, 0) is 26.1 Å². The van der Waals surface area contributed by atoms with Gasteiger partial charge in [-0.05, 0) is 218 Å². The number of methoxy groups -OCH3 is 1. The first-order chi connectivity index (χ1) is 59.7. The van der Waals surface area contributed by atoms with Gasteiger partial charge in [-0.3, -0.25) is 45.4 Å². The van der Waals surface area contributed by atoms with Crippen LogP contribution in [0.5, 0.6) is 5.75 Å². The maximum absolute atomic E-state index is 12.4. The first-order valence-corrected chi connectivity index (χ1v) is 44.7. The van der Waals surface area contributed by atoms with Gasteiger partial charge < -0.3 is 45.6 Å². The minimum Gasteiger partial charge on any atom is -0.506 e. The van der Waals surface area contributed by atoms with Crippen molar-refractivity contribution in [1.82, 2.24) is 102 Å². The summed E-state index contributed by atoms with van der Waals surface area (Å²) in [6, 6.07) is 10.9. The van der Waals surface area contributed by atoms with Gasteiger partial charge in [0.1, 0.15) is 18.1 Å². The summed E-state index contributed by atoms with van der Waals surface area (Å²) in [6.45, 7) is 34.4. The number of morpholine rings is 1.